The number of ether oxygens (including phenoxy) is 1. The van der Waals surface area contributed by atoms with Crippen molar-refractivity contribution in [3.63, 3.8) is 0 Å². The van der Waals surface area contributed by atoms with Gasteiger partial charge in [-0.25, -0.2) is 9.97 Å². The minimum absolute atomic E-state index is 0.0503. The predicted molar refractivity (Wildman–Crippen MR) is 94.2 cm³/mol. The molecular formula is C19H25N3O2. The SMILES string of the molecule is CCO[C@@H]1C[C@@H](O)C12CCN(c1ncnc3c(C)cccc13)CC2. The van der Waals surface area contributed by atoms with Crippen molar-refractivity contribution in [1.82, 2.24) is 9.97 Å². The number of aliphatic hydroxyl groups is 1. The first kappa shape index (κ1) is 15.8. The molecule has 1 saturated carbocycles. The summed E-state index contributed by atoms with van der Waals surface area (Å²) in [6.07, 6.45) is 4.34. The number of fused-ring (bicyclic) bond motifs is 1. The molecular weight excluding hydrogens is 302 g/mol. The van der Waals surface area contributed by atoms with Crippen LogP contribution in [0.15, 0.2) is 24.5 Å². The summed E-state index contributed by atoms with van der Waals surface area (Å²) in [7, 11) is 0. The van der Waals surface area contributed by atoms with Crippen molar-refractivity contribution in [2.45, 2.75) is 45.3 Å². The van der Waals surface area contributed by atoms with Gasteiger partial charge in [0.25, 0.3) is 0 Å². The summed E-state index contributed by atoms with van der Waals surface area (Å²) in [6, 6.07) is 6.25. The van der Waals surface area contributed by atoms with Gasteiger partial charge in [0.15, 0.2) is 0 Å². The molecule has 1 aromatic heterocycles. The van der Waals surface area contributed by atoms with Gasteiger partial charge in [0.1, 0.15) is 12.1 Å². The third-order valence-corrected chi connectivity index (χ3v) is 5.95. The number of rotatable bonds is 3. The van der Waals surface area contributed by atoms with Crippen LogP contribution in [-0.2, 0) is 4.74 Å². The first-order valence-electron chi connectivity index (χ1n) is 8.90. The molecule has 5 nitrogen and oxygen atoms in total. The van der Waals surface area contributed by atoms with E-state index in [0.29, 0.717) is 0 Å². The Morgan fingerprint density at radius 2 is 2.08 bits per heavy atom. The standard InChI is InChI=1S/C19H25N3O2/c1-3-24-16-11-15(23)19(16)7-9-22(10-8-19)18-14-6-4-5-13(2)17(14)20-12-21-18/h4-6,12,15-16,23H,3,7-11H2,1-2H3/t15-,16-/m1/s1. The Morgan fingerprint density at radius 1 is 1.29 bits per heavy atom. The highest BCUT2D eigenvalue weighted by Gasteiger charge is 2.56. The molecule has 5 heteroatoms. The summed E-state index contributed by atoms with van der Waals surface area (Å²) in [6.45, 7) is 6.64. The molecule has 2 fully saturated rings. The number of aliphatic hydroxyl groups excluding tert-OH is 1. The van der Waals surface area contributed by atoms with Crippen LogP contribution in [0.25, 0.3) is 10.9 Å². The summed E-state index contributed by atoms with van der Waals surface area (Å²) in [5.74, 6) is 1.01. The lowest BCUT2D eigenvalue weighted by Gasteiger charge is -2.56. The molecule has 1 aromatic carbocycles. The van der Waals surface area contributed by atoms with Gasteiger partial charge in [-0.2, -0.15) is 0 Å². The second-order valence-electron chi connectivity index (χ2n) is 7.08. The monoisotopic (exact) mass is 327 g/mol. The zero-order valence-electron chi connectivity index (χ0n) is 14.4. The van der Waals surface area contributed by atoms with Crippen molar-refractivity contribution in [2.24, 2.45) is 5.41 Å². The number of piperidine rings is 1. The fourth-order valence-electron chi connectivity index (χ4n) is 4.43. The van der Waals surface area contributed by atoms with E-state index in [1.807, 2.05) is 6.92 Å². The molecule has 0 bridgehead atoms. The quantitative estimate of drug-likeness (QED) is 0.939. The molecule has 0 amide bonds. The van der Waals surface area contributed by atoms with Crippen LogP contribution in [0.2, 0.25) is 0 Å². The summed E-state index contributed by atoms with van der Waals surface area (Å²) < 4.78 is 5.86. The van der Waals surface area contributed by atoms with Gasteiger partial charge in [0, 0.05) is 36.9 Å². The molecule has 2 aromatic rings. The number of anilines is 1. The number of benzene rings is 1. The predicted octanol–water partition coefficient (Wildman–Crippen LogP) is 2.69. The van der Waals surface area contributed by atoms with Crippen molar-refractivity contribution < 1.29 is 9.84 Å². The highest BCUT2D eigenvalue weighted by Crippen LogP contribution is 2.51. The third kappa shape index (κ3) is 2.30. The Kier molecular flexibility index (Phi) is 3.93. The van der Waals surface area contributed by atoms with Crippen LogP contribution in [0, 0.1) is 12.3 Å². The van der Waals surface area contributed by atoms with E-state index in [-0.39, 0.29) is 17.6 Å². The normalized spacial score (nSPS) is 25.9. The topological polar surface area (TPSA) is 58.5 Å². The molecule has 128 valence electrons. The van der Waals surface area contributed by atoms with E-state index < -0.39 is 0 Å². The summed E-state index contributed by atoms with van der Waals surface area (Å²) in [5.41, 5.74) is 2.15. The van der Waals surface area contributed by atoms with Crippen LogP contribution < -0.4 is 4.90 Å². The minimum atomic E-state index is -0.222. The average molecular weight is 327 g/mol. The van der Waals surface area contributed by atoms with Gasteiger partial charge in [-0.3, -0.25) is 0 Å². The Bertz CT molecular complexity index is 738. The second-order valence-corrected chi connectivity index (χ2v) is 7.08. The summed E-state index contributed by atoms with van der Waals surface area (Å²) in [4.78, 5) is 11.3. The zero-order chi connectivity index (χ0) is 16.7. The molecule has 2 aliphatic rings. The molecule has 1 N–H and O–H groups in total. The maximum atomic E-state index is 10.4. The van der Waals surface area contributed by atoms with Crippen LogP contribution in [-0.4, -0.2) is 47.0 Å². The highest BCUT2D eigenvalue weighted by molar-refractivity contribution is 5.91. The fraction of sp³-hybridized carbons (Fsp3) is 0.579. The Morgan fingerprint density at radius 3 is 2.79 bits per heavy atom. The maximum absolute atomic E-state index is 10.4. The lowest BCUT2D eigenvalue weighted by atomic mass is 9.58. The maximum Gasteiger partial charge on any atom is 0.139 e. The fourth-order valence-corrected chi connectivity index (χ4v) is 4.43. The number of hydrogen-bond acceptors (Lipinski definition) is 5. The van der Waals surface area contributed by atoms with Gasteiger partial charge in [-0.15, -0.1) is 0 Å². The lowest BCUT2D eigenvalue weighted by molar-refractivity contribution is -0.199. The number of para-hydroxylation sites is 1. The van der Waals surface area contributed by atoms with Crippen molar-refractivity contribution in [3.8, 4) is 0 Å². The van der Waals surface area contributed by atoms with Gasteiger partial charge in [0.2, 0.25) is 0 Å². The summed E-state index contributed by atoms with van der Waals surface area (Å²) in [5, 5.41) is 11.5. The van der Waals surface area contributed by atoms with E-state index >= 15 is 0 Å². The first-order valence-corrected chi connectivity index (χ1v) is 8.90. The van der Waals surface area contributed by atoms with E-state index in [0.717, 1.165) is 55.7 Å². The van der Waals surface area contributed by atoms with E-state index in [2.05, 4.69) is 40.0 Å². The molecule has 1 spiro atoms. The number of aryl methyl sites for hydroxylation is 1. The van der Waals surface area contributed by atoms with E-state index in [4.69, 9.17) is 4.74 Å². The van der Waals surface area contributed by atoms with Crippen molar-refractivity contribution in [2.75, 3.05) is 24.6 Å². The van der Waals surface area contributed by atoms with E-state index in [9.17, 15) is 5.11 Å². The average Bonchev–Trinajstić information content (AvgIpc) is 2.62. The molecule has 1 aliphatic heterocycles. The van der Waals surface area contributed by atoms with Crippen LogP contribution in [0.3, 0.4) is 0 Å². The molecule has 0 radical (unpaired) electrons. The smallest absolute Gasteiger partial charge is 0.139 e. The van der Waals surface area contributed by atoms with Crippen LogP contribution >= 0.6 is 0 Å². The number of aromatic nitrogens is 2. The van der Waals surface area contributed by atoms with Gasteiger partial charge in [-0.05, 0) is 38.3 Å². The Hall–Kier alpha value is -1.72. The van der Waals surface area contributed by atoms with Gasteiger partial charge in [-0.1, -0.05) is 12.1 Å². The van der Waals surface area contributed by atoms with Gasteiger partial charge < -0.3 is 14.7 Å². The van der Waals surface area contributed by atoms with Crippen LogP contribution in [0.4, 0.5) is 5.82 Å². The molecule has 24 heavy (non-hydrogen) atoms. The lowest BCUT2D eigenvalue weighted by Crippen LogP contribution is -2.62. The molecule has 1 aliphatic carbocycles. The van der Waals surface area contributed by atoms with Crippen molar-refractivity contribution >= 4 is 16.7 Å². The molecule has 2 heterocycles. The number of hydrogen-bond donors (Lipinski definition) is 1. The van der Waals surface area contributed by atoms with Crippen LogP contribution in [0.1, 0.15) is 31.7 Å². The second kappa shape index (κ2) is 5.97. The van der Waals surface area contributed by atoms with E-state index in [1.165, 1.54) is 5.56 Å². The third-order valence-electron chi connectivity index (χ3n) is 5.95. The van der Waals surface area contributed by atoms with Gasteiger partial charge >= 0.3 is 0 Å². The first-order chi connectivity index (χ1) is 11.7. The van der Waals surface area contributed by atoms with Crippen molar-refractivity contribution in [1.29, 1.82) is 0 Å². The minimum Gasteiger partial charge on any atom is -0.392 e. The molecule has 0 unspecified atom stereocenters. The van der Waals surface area contributed by atoms with E-state index in [1.54, 1.807) is 6.33 Å². The molecule has 2 atom stereocenters. The largest absolute Gasteiger partial charge is 0.392 e. The van der Waals surface area contributed by atoms with Crippen molar-refractivity contribution in [3.05, 3.63) is 30.1 Å². The summed E-state index contributed by atoms with van der Waals surface area (Å²) >= 11 is 0. The van der Waals surface area contributed by atoms with Gasteiger partial charge in [0.05, 0.1) is 17.7 Å². The Balaban J connectivity index is 1.58. The Labute approximate surface area is 142 Å². The molecule has 1 saturated heterocycles. The number of nitrogens with zero attached hydrogens (tertiary/aromatic N) is 3. The zero-order valence-corrected chi connectivity index (χ0v) is 14.4. The van der Waals surface area contributed by atoms with Crippen LogP contribution in [0.5, 0.6) is 0 Å². The molecule has 4 rings (SSSR count). The highest BCUT2D eigenvalue weighted by atomic mass is 16.5.